The molecule has 0 saturated heterocycles. The molecule has 0 aliphatic carbocycles. The van der Waals surface area contributed by atoms with E-state index < -0.39 is 5.97 Å². The number of hydrogen-bond donors (Lipinski definition) is 2. The molecule has 0 radical (unpaired) electrons. The summed E-state index contributed by atoms with van der Waals surface area (Å²) < 4.78 is 0. The van der Waals surface area contributed by atoms with E-state index in [1.807, 2.05) is 19.1 Å². The summed E-state index contributed by atoms with van der Waals surface area (Å²) in [5.74, 6) is -1.21. The first-order valence-electron chi connectivity index (χ1n) is 6.44. The van der Waals surface area contributed by atoms with Crippen LogP contribution in [0, 0.1) is 6.92 Å². The molecule has 0 aromatic heterocycles. The quantitative estimate of drug-likeness (QED) is 0.845. The van der Waals surface area contributed by atoms with Gasteiger partial charge in [0.2, 0.25) is 0 Å². The van der Waals surface area contributed by atoms with Crippen molar-refractivity contribution in [3.05, 3.63) is 71.3 Å². The van der Waals surface area contributed by atoms with Crippen LogP contribution in [-0.2, 0) is 4.79 Å². The minimum atomic E-state index is -1.01. The number of rotatable bonds is 4. The summed E-state index contributed by atoms with van der Waals surface area (Å²) in [5.41, 5.74) is 2.86. The lowest BCUT2D eigenvalue weighted by Gasteiger charge is -2.09. The molecule has 0 unspecified atom stereocenters. The largest absolute Gasteiger partial charge is 0.478 e. The zero-order valence-electron chi connectivity index (χ0n) is 11.5. The third kappa shape index (κ3) is 4.04. The van der Waals surface area contributed by atoms with Gasteiger partial charge in [0.25, 0.3) is 5.91 Å². The number of benzene rings is 2. The van der Waals surface area contributed by atoms with E-state index in [2.05, 4.69) is 5.32 Å². The van der Waals surface area contributed by atoms with Gasteiger partial charge in [-0.05, 0) is 42.3 Å². The molecule has 4 heteroatoms. The molecule has 2 aromatic carbocycles. The lowest BCUT2D eigenvalue weighted by atomic mass is 10.1. The smallest absolute Gasteiger partial charge is 0.328 e. The van der Waals surface area contributed by atoms with Crippen LogP contribution in [0.5, 0.6) is 0 Å². The van der Waals surface area contributed by atoms with E-state index in [-0.39, 0.29) is 5.91 Å². The number of amides is 1. The summed E-state index contributed by atoms with van der Waals surface area (Å²) >= 11 is 0. The number of nitrogens with one attached hydrogen (secondary N) is 1. The first-order chi connectivity index (χ1) is 10.1. The summed E-state index contributed by atoms with van der Waals surface area (Å²) in [6.07, 6.45) is 2.55. The molecule has 0 heterocycles. The summed E-state index contributed by atoms with van der Waals surface area (Å²) in [6.45, 7) is 1.88. The van der Waals surface area contributed by atoms with Crippen molar-refractivity contribution in [3.63, 3.8) is 0 Å². The maximum absolute atomic E-state index is 12.1. The second-order valence-electron chi connectivity index (χ2n) is 4.57. The lowest BCUT2D eigenvalue weighted by Crippen LogP contribution is -2.12. The van der Waals surface area contributed by atoms with E-state index in [1.165, 1.54) is 6.08 Å². The van der Waals surface area contributed by atoms with Gasteiger partial charge in [-0.15, -0.1) is 0 Å². The third-order valence-corrected chi connectivity index (χ3v) is 2.96. The molecular formula is C17H15NO3. The SMILES string of the molecule is Cc1ccc(C=CC(=O)O)cc1NC(=O)c1ccccc1. The van der Waals surface area contributed by atoms with Crippen LogP contribution in [0.4, 0.5) is 5.69 Å². The van der Waals surface area contributed by atoms with E-state index in [0.717, 1.165) is 11.6 Å². The van der Waals surface area contributed by atoms with Crippen molar-refractivity contribution < 1.29 is 14.7 Å². The normalized spacial score (nSPS) is 10.5. The number of carboxylic acid groups (broad SMARTS) is 1. The van der Waals surface area contributed by atoms with Crippen molar-refractivity contribution in [1.29, 1.82) is 0 Å². The molecule has 0 spiro atoms. The van der Waals surface area contributed by atoms with Crippen LogP contribution in [0.15, 0.2) is 54.6 Å². The van der Waals surface area contributed by atoms with Crippen LogP contribution in [-0.4, -0.2) is 17.0 Å². The first kappa shape index (κ1) is 14.5. The highest BCUT2D eigenvalue weighted by Crippen LogP contribution is 2.19. The van der Waals surface area contributed by atoms with Gasteiger partial charge in [-0.1, -0.05) is 30.3 Å². The molecule has 2 rings (SSSR count). The highest BCUT2D eigenvalue weighted by molar-refractivity contribution is 6.04. The van der Waals surface area contributed by atoms with Gasteiger partial charge in [0.1, 0.15) is 0 Å². The Hall–Kier alpha value is -2.88. The van der Waals surface area contributed by atoms with Gasteiger partial charge in [0.05, 0.1) is 0 Å². The molecule has 1 amide bonds. The Kier molecular flexibility index (Phi) is 4.51. The third-order valence-electron chi connectivity index (χ3n) is 2.96. The second kappa shape index (κ2) is 6.52. The zero-order valence-corrected chi connectivity index (χ0v) is 11.5. The number of carboxylic acids is 1. The molecule has 0 aliphatic rings. The van der Waals surface area contributed by atoms with Crippen LogP contribution in [0.3, 0.4) is 0 Å². The lowest BCUT2D eigenvalue weighted by molar-refractivity contribution is -0.131. The van der Waals surface area contributed by atoms with E-state index in [0.29, 0.717) is 16.8 Å². The number of carbonyl (C=O) groups excluding carboxylic acids is 1. The van der Waals surface area contributed by atoms with Crippen LogP contribution in [0.25, 0.3) is 6.08 Å². The number of anilines is 1. The molecule has 21 heavy (non-hydrogen) atoms. The highest BCUT2D eigenvalue weighted by atomic mass is 16.4. The van der Waals surface area contributed by atoms with Crippen LogP contribution >= 0.6 is 0 Å². The van der Waals surface area contributed by atoms with Crippen molar-refractivity contribution in [2.24, 2.45) is 0 Å². The average molecular weight is 281 g/mol. The van der Waals surface area contributed by atoms with Gasteiger partial charge >= 0.3 is 5.97 Å². The van der Waals surface area contributed by atoms with Crippen LogP contribution < -0.4 is 5.32 Å². The molecule has 106 valence electrons. The second-order valence-corrected chi connectivity index (χ2v) is 4.57. The predicted octanol–water partition coefficient (Wildman–Crippen LogP) is 3.35. The topological polar surface area (TPSA) is 66.4 Å². The molecular weight excluding hydrogens is 266 g/mol. The Morgan fingerprint density at radius 3 is 2.48 bits per heavy atom. The summed E-state index contributed by atoms with van der Waals surface area (Å²) in [6, 6.07) is 14.3. The van der Waals surface area contributed by atoms with E-state index in [4.69, 9.17) is 5.11 Å². The van der Waals surface area contributed by atoms with Crippen molar-refractivity contribution in [1.82, 2.24) is 0 Å². The zero-order chi connectivity index (χ0) is 15.2. The van der Waals surface area contributed by atoms with E-state index in [1.54, 1.807) is 36.4 Å². The molecule has 4 nitrogen and oxygen atoms in total. The van der Waals surface area contributed by atoms with Crippen LogP contribution in [0.1, 0.15) is 21.5 Å². The Balaban J connectivity index is 2.21. The van der Waals surface area contributed by atoms with Crippen molar-refractivity contribution in [2.45, 2.75) is 6.92 Å². The number of hydrogen-bond acceptors (Lipinski definition) is 2. The minimum Gasteiger partial charge on any atom is -0.478 e. The highest BCUT2D eigenvalue weighted by Gasteiger charge is 2.07. The summed E-state index contributed by atoms with van der Waals surface area (Å²) in [7, 11) is 0. The van der Waals surface area contributed by atoms with Crippen LogP contribution in [0.2, 0.25) is 0 Å². The van der Waals surface area contributed by atoms with E-state index in [9.17, 15) is 9.59 Å². The van der Waals surface area contributed by atoms with Gasteiger partial charge < -0.3 is 10.4 Å². The standard InChI is InChI=1S/C17H15NO3/c1-12-7-8-13(9-10-16(19)20)11-15(12)18-17(21)14-5-3-2-4-6-14/h2-11H,1H3,(H,18,21)(H,19,20). The van der Waals surface area contributed by atoms with E-state index >= 15 is 0 Å². The fraction of sp³-hybridized carbons (Fsp3) is 0.0588. The first-order valence-corrected chi connectivity index (χ1v) is 6.44. The predicted molar refractivity (Wildman–Crippen MR) is 82.2 cm³/mol. The average Bonchev–Trinajstić information content (AvgIpc) is 2.48. The van der Waals surface area contributed by atoms with Gasteiger partial charge in [-0.2, -0.15) is 0 Å². The Bertz CT molecular complexity index is 690. The molecule has 0 aliphatic heterocycles. The number of aryl methyl sites for hydroxylation is 1. The monoisotopic (exact) mass is 281 g/mol. The fourth-order valence-electron chi connectivity index (χ4n) is 1.83. The van der Waals surface area contributed by atoms with Gasteiger partial charge in [-0.3, -0.25) is 4.79 Å². The molecule has 2 aromatic rings. The Morgan fingerprint density at radius 1 is 1.10 bits per heavy atom. The fourth-order valence-corrected chi connectivity index (χ4v) is 1.83. The van der Waals surface area contributed by atoms with Crippen molar-refractivity contribution >= 4 is 23.6 Å². The minimum absolute atomic E-state index is 0.196. The molecule has 0 atom stereocenters. The molecule has 0 bridgehead atoms. The maximum atomic E-state index is 12.1. The molecule has 2 N–H and O–H groups in total. The van der Waals surface area contributed by atoms with Gasteiger partial charge in [0.15, 0.2) is 0 Å². The van der Waals surface area contributed by atoms with Crippen molar-refractivity contribution in [3.8, 4) is 0 Å². The van der Waals surface area contributed by atoms with Crippen molar-refractivity contribution in [2.75, 3.05) is 5.32 Å². The summed E-state index contributed by atoms with van der Waals surface area (Å²) in [5, 5.41) is 11.5. The Morgan fingerprint density at radius 2 is 1.81 bits per heavy atom. The molecule has 0 fully saturated rings. The summed E-state index contributed by atoms with van der Waals surface area (Å²) in [4.78, 5) is 22.7. The van der Waals surface area contributed by atoms with Gasteiger partial charge in [-0.25, -0.2) is 4.79 Å². The maximum Gasteiger partial charge on any atom is 0.328 e. The Labute approximate surface area is 122 Å². The van der Waals surface area contributed by atoms with Gasteiger partial charge in [0, 0.05) is 17.3 Å². The number of carbonyl (C=O) groups is 2. The number of aliphatic carboxylic acids is 1. The molecule has 0 saturated carbocycles.